The maximum absolute atomic E-state index is 13.3. The Balaban J connectivity index is 1.29. The highest BCUT2D eigenvalue weighted by Crippen LogP contribution is 2.55. The molecule has 1 aliphatic carbocycles. The van der Waals surface area contributed by atoms with Gasteiger partial charge in [0.2, 0.25) is 11.8 Å². The summed E-state index contributed by atoms with van der Waals surface area (Å²) in [5.74, 6) is 0.849. The third-order valence-corrected chi connectivity index (χ3v) is 7.09. The van der Waals surface area contributed by atoms with E-state index in [9.17, 15) is 9.59 Å². The zero-order chi connectivity index (χ0) is 19.6. The van der Waals surface area contributed by atoms with E-state index in [0.29, 0.717) is 18.9 Å². The van der Waals surface area contributed by atoms with Gasteiger partial charge in [-0.3, -0.25) is 14.5 Å². The van der Waals surface area contributed by atoms with Gasteiger partial charge >= 0.3 is 0 Å². The Labute approximate surface area is 168 Å². The minimum atomic E-state index is -0.898. The number of carbonyl (C=O) groups is 2. The van der Waals surface area contributed by atoms with Gasteiger partial charge in [-0.25, -0.2) is 0 Å². The molecule has 3 aliphatic heterocycles. The number of anilines is 1. The molecule has 1 aromatic carbocycles. The third kappa shape index (κ3) is 2.43. The first kappa shape index (κ1) is 17.2. The van der Waals surface area contributed by atoms with Crippen molar-refractivity contribution in [1.29, 1.82) is 0 Å². The Kier molecular flexibility index (Phi) is 3.66. The van der Waals surface area contributed by atoms with Crippen molar-refractivity contribution in [3.8, 4) is 0 Å². The summed E-state index contributed by atoms with van der Waals surface area (Å²) in [6, 6.07) is 10.0. The number of carbonyl (C=O) groups excluding carboxylic acids is 2. The molecule has 3 atom stereocenters. The van der Waals surface area contributed by atoms with Crippen LogP contribution in [0.4, 0.5) is 5.69 Å². The number of amides is 2. The average molecular weight is 392 g/mol. The molecule has 1 saturated carbocycles. The van der Waals surface area contributed by atoms with Crippen molar-refractivity contribution in [1.82, 2.24) is 15.4 Å². The van der Waals surface area contributed by atoms with Gasteiger partial charge < -0.3 is 15.2 Å². The highest BCUT2D eigenvalue weighted by molar-refractivity contribution is 6.09. The molecular formula is C22H24N4O3. The van der Waals surface area contributed by atoms with Crippen molar-refractivity contribution < 1.29 is 14.1 Å². The van der Waals surface area contributed by atoms with Crippen molar-refractivity contribution in [2.45, 2.75) is 56.1 Å². The number of benzene rings is 1. The first-order valence-corrected chi connectivity index (χ1v) is 10.6. The predicted octanol–water partition coefficient (Wildman–Crippen LogP) is 2.50. The van der Waals surface area contributed by atoms with Gasteiger partial charge in [0.05, 0.1) is 12.5 Å². The minimum Gasteiger partial charge on any atom is -0.361 e. The lowest BCUT2D eigenvalue weighted by molar-refractivity contribution is -0.137. The standard InChI is InChI=1S/C22H24N4O3/c27-20(23-12-14-10-19(29-25-14)13-7-8-13)17-11-15-4-3-9-26(15)22(17)16-5-1-2-6-18(16)24-21(22)28/h1-2,5-6,10,13,15,17H,3-4,7-9,11-12H2,(H,23,27)(H,24,28)/t15-,17+,22+/m1/s1. The SMILES string of the molecule is O=C(NCc1cc(C2CC2)on1)[C@@H]1C[C@H]2CCCN2[C@]12C(=O)Nc1ccccc12. The molecule has 7 heteroatoms. The summed E-state index contributed by atoms with van der Waals surface area (Å²) in [6.45, 7) is 1.18. The summed E-state index contributed by atoms with van der Waals surface area (Å²) in [7, 11) is 0. The number of aromatic nitrogens is 1. The Morgan fingerprint density at radius 1 is 1.31 bits per heavy atom. The lowest BCUT2D eigenvalue weighted by Crippen LogP contribution is -2.54. The number of rotatable bonds is 4. The molecule has 4 heterocycles. The van der Waals surface area contributed by atoms with Crippen LogP contribution in [-0.2, 0) is 21.7 Å². The maximum atomic E-state index is 13.3. The summed E-state index contributed by atoms with van der Waals surface area (Å²) >= 11 is 0. The Hall–Kier alpha value is -2.67. The van der Waals surface area contributed by atoms with Crippen molar-refractivity contribution in [2.75, 3.05) is 11.9 Å². The molecule has 2 aromatic rings. The molecule has 150 valence electrons. The number of para-hydroxylation sites is 1. The van der Waals surface area contributed by atoms with Crippen molar-refractivity contribution >= 4 is 17.5 Å². The van der Waals surface area contributed by atoms with Crippen molar-refractivity contribution in [3.63, 3.8) is 0 Å². The van der Waals surface area contributed by atoms with Crippen LogP contribution >= 0.6 is 0 Å². The largest absolute Gasteiger partial charge is 0.361 e. The van der Waals surface area contributed by atoms with Crippen LogP contribution in [0.3, 0.4) is 0 Å². The van der Waals surface area contributed by atoms with E-state index in [0.717, 1.165) is 54.9 Å². The first-order valence-electron chi connectivity index (χ1n) is 10.6. The molecule has 2 N–H and O–H groups in total. The van der Waals surface area contributed by atoms with Crippen molar-refractivity contribution in [3.05, 3.63) is 47.3 Å². The highest BCUT2D eigenvalue weighted by atomic mass is 16.5. The van der Waals surface area contributed by atoms with Crippen LogP contribution in [0.25, 0.3) is 0 Å². The molecule has 1 aromatic heterocycles. The normalized spacial score (nSPS) is 30.4. The fourth-order valence-electron chi connectivity index (χ4n) is 5.65. The quantitative estimate of drug-likeness (QED) is 0.835. The second-order valence-electron chi connectivity index (χ2n) is 8.76. The topological polar surface area (TPSA) is 87.5 Å². The Morgan fingerprint density at radius 3 is 3.03 bits per heavy atom. The van der Waals surface area contributed by atoms with E-state index in [4.69, 9.17) is 4.52 Å². The van der Waals surface area contributed by atoms with Gasteiger partial charge in [-0.05, 0) is 44.7 Å². The fraction of sp³-hybridized carbons (Fsp3) is 0.500. The maximum Gasteiger partial charge on any atom is 0.250 e. The monoisotopic (exact) mass is 392 g/mol. The van der Waals surface area contributed by atoms with E-state index in [-0.39, 0.29) is 17.9 Å². The number of fused-ring (bicyclic) bond motifs is 4. The highest BCUT2D eigenvalue weighted by Gasteiger charge is 2.65. The van der Waals surface area contributed by atoms with E-state index in [2.05, 4.69) is 20.7 Å². The lowest BCUT2D eigenvalue weighted by Gasteiger charge is -2.36. The molecule has 1 spiro atoms. The first-order chi connectivity index (χ1) is 14.2. The zero-order valence-corrected chi connectivity index (χ0v) is 16.2. The van der Waals surface area contributed by atoms with E-state index >= 15 is 0 Å². The number of hydrogen-bond donors (Lipinski definition) is 2. The number of hydrogen-bond acceptors (Lipinski definition) is 5. The molecule has 7 nitrogen and oxygen atoms in total. The molecule has 6 rings (SSSR count). The van der Waals surface area contributed by atoms with Crippen LogP contribution in [0.2, 0.25) is 0 Å². The van der Waals surface area contributed by atoms with E-state index in [1.54, 1.807) is 0 Å². The van der Waals surface area contributed by atoms with E-state index in [1.165, 1.54) is 0 Å². The zero-order valence-electron chi connectivity index (χ0n) is 16.2. The van der Waals surface area contributed by atoms with Gasteiger partial charge in [0.25, 0.3) is 0 Å². The Morgan fingerprint density at radius 2 is 2.17 bits per heavy atom. The smallest absolute Gasteiger partial charge is 0.250 e. The Bertz CT molecular complexity index is 997. The second-order valence-corrected chi connectivity index (χ2v) is 8.76. The van der Waals surface area contributed by atoms with Gasteiger partial charge in [-0.1, -0.05) is 23.4 Å². The van der Waals surface area contributed by atoms with E-state index < -0.39 is 11.5 Å². The molecule has 29 heavy (non-hydrogen) atoms. The van der Waals surface area contributed by atoms with Crippen molar-refractivity contribution in [2.24, 2.45) is 5.92 Å². The lowest BCUT2D eigenvalue weighted by atomic mass is 9.78. The fourth-order valence-corrected chi connectivity index (χ4v) is 5.65. The molecule has 0 radical (unpaired) electrons. The molecule has 3 fully saturated rings. The summed E-state index contributed by atoms with van der Waals surface area (Å²) in [5, 5.41) is 10.2. The van der Waals surface area contributed by atoms with Crippen LogP contribution in [0.15, 0.2) is 34.9 Å². The molecule has 0 bridgehead atoms. The van der Waals surface area contributed by atoms with Gasteiger partial charge in [0.15, 0.2) is 0 Å². The summed E-state index contributed by atoms with van der Waals surface area (Å²) in [6.07, 6.45) is 5.11. The summed E-state index contributed by atoms with van der Waals surface area (Å²) in [4.78, 5) is 28.9. The van der Waals surface area contributed by atoms with Crippen LogP contribution < -0.4 is 10.6 Å². The molecule has 2 saturated heterocycles. The van der Waals surface area contributed by atoms with Crippen LogP contribution in [-0.4, -0.2) is 34.5 Å². The van der Waals surface area contributed by atoms with Gasteiger partial charge in [-0.2, -0.15) is 0 Å². The van der Waals surface area contributed by atoms with Crippen LogP contribution in [0.1, 0.15) is 55.0 Å². The van der Waals surface area contributed by atoms with Crippen LogP contribution in [0, 0.1) is 5.92 Å². The van der Waals surface area contributed by atoms with Gasteiger partial charge in [-0.15, -0.1) is 0 Å². The number of nitrogens with one attached hydrogen (secondary N) is 2. The molecule has 0 unspecified atom stereocenters. The average Bonchev–Trinajstić information content (AvgIpc) is 3.07. The molecule has 4 aliphatic rings. The minimum absolute atomic E-state index is 0.0688. The third-order valence-electron chi connectivity index (χ3n) is 7.09. The second kappa shape index (κ2) is 6.16. The van der Waals surface area contributed by atoms with Crippen LogP contribution in [0.5, 0.6) is 0 Å². The summed E-state index contributed by atoms with van der Waals surface area (Å²) < 4.78 is 5.39. The number of nitrogens with zero attached hydrogens (tertiary/aromatic N) is 2. The molecule has 2 amide bonds. The predicted molar refractivity (Wildman–Crippen MR) is 105 cm³/mol. The summed E-state index contributed by atoms with van der Waals surface area (Å²) in [5.41, 5.74) is 1.61. The van der Waals surface area contributed by atoms with Gasteiger partial charge in [0.1, 0.15) is 17.0 Å². The molecular weight excluding hydrogens is 368 g/mol. The van der Waals surface area contributed by atoms with E-state index in [1.807, 2.05) is 30.3 Å². The van der Waals surface area contributed by atoms with Gasteiger partial charge in [0, 0.05) is 29.3 Å².